The zero-order chi connectivity index (χ0) is 16.7. The number of carbonyl (C=O) groups is 1. The molecule has 1 amide bonds. The second-order valence-corrected chi connectivity index (χ2v) is 6.98. The van der Waals surface area contributed by atoms with Gasteiger partial charge in [-0.2, -0.15) is 0 Å². The van der Waals surface area contributed by atoms with E-state index in [2.05, 4.69) is 19.2 Å². The third-order valence-electron chi connectivity index (χ3n) is 4.46. The number of hydrogen-bond acceptors (Lipinski definition) is 3. The van der Waals surface area contributed by atoms with Crippen LogP contribution in [0.1, 0.15) is 51.5 Å². The molecule has 0 saturated heterocycles. The second-order valence-electron chi connectivity index (χ2n) is 6.98. The van der Waals surface area contributed by atoms with Crippen molar-refractivity contribution in [2.24, 2.45) is 17.6 Å². The van der Waals surface area contributed by atoms with Gasteiger partial charge >= 0.3 is 0 Å². The van der Waals surface area contributed by atoms with Crippen LogP contribution in [0.4, 0.5) is 0 Å². The van der Waals surface area contributed by atoms with E-state index in [1.54, 1.807) is 0 Å². The normalized spacial score (nSPS) is 20.3. The number of halogens is 1. The van der Waals surface area contributed by atoms with Gasteiger partial charge in [0.1, 0.15) is 5.75 Å². The molecule has 5 heteroatoms. The van der Waals surface area contributed by atoms with Crippen LogP contribution in [0.15, 0.2) is 24.3 Å². The monoisotopic (exact) mass is 354 g/mol. The number of nitrogens with one attached hydrogen (secondary N) is 1. The third kappa shape index (κ3) is 6.70. The van der Waals surface area contributed by atoms with Gasteiger partial charge in [0.15, 0.2) is 0 Å². The van der Waals surface area contributed by atoms with Crippen LogP contribution < -0.4 is 15.8 Å². The number of nitrogens with two attached hydrogens (primary N) is 1. The maximum atomic E-state index is 12.3. The highest BCUT2D eigenvalue weighted by Gasteiger charge is 2.25. The molecule has 4 nitrogen and oxygen atoms in total. The summed E-state index contributed by atoms with van der Waals surface area (Å²) in [6.07, 6.45) is 4.87. The van der Waals surface area contributed by atoms with Gasteiger partial charge in [0.25, 0.3) is 0 Å². The van der Waals surface area contributed by atoms with Crippen molar-refractivity contribution in [2.75, 3.05) is 6.61 Å². The van der Waals surface area contributed by atoms with E-state index in [4.69, 9.17) is 10.5 Å². The maximum absolute atomic E-state index is 12.3. The molecule has 2 atom stereocenters. The first-order valence-electron chi connectivity index (χ1n) is 8.80. The Bertz CT molecular complexity index is 508. The standard InChI is InChI=1S/C19H30N2O2.ClH/c1-14(2)10-11-23-18-9-4-3-6-16(18)13-21-19(22)15-7-5-8-17(20)12-15;/h3-4,6,9,14-15,17H,5,7-8,10-13,20H2,1-2H3,(H,21,22);1H. The minimum atomic E-state index is 0. The molecule has 2 rings (SSSR count). The summed E-state index contributed by atoms with van der Waals surface area (Å²) >= 11 is 0. The third-order valence-corrected chi connectivity index (χ3v) is 4.46. The van der Waals surface area contributed by atoms with Crippen LogP contribution in [0, 0.1) is 11.8 Å². The fourth-order valence-corrected chi connectivity index (χ4v) is 2.99. The zero-order valence-electron chi connectivity index (χ0n) is 14.8. The van der Waals surface area contributed by atoms with Gasteiger partial charge in [-0.25, -0.2) is 0 Å². The average Bonchev–Trinajstić information content (AvgIpc) is 2.53. The molecule has 24 heavy (non-hydrogen) atoms. The highest BCUT2D eigenvalue weighted by atomic mass is 35.5. The summed E-state index contributed by atoms with van der Waals surface area (Å²) in [5.74, 6) is 1.68. The summed E-state index contributed by atoms with van der Waals surface area (Å²) in [7, 11) is 0. The predicted molar refractivity (Wildman–Crippen MR) is 100 cm³/mol. The number of amides is 1. The lowest BCUT2D eigenvalue weighted by molar-refractivity contribution is -0.126. The molecule has 1 aliphatic carbocycles. The van der Waals surface area contributed by atoms with Gasteiger partial charge in [0.05, 0.1) is 6.61 Å². The Morgan fingerprint density at radius 1 is 1.33 bits per heavy atom. The summed E-state index contributed by atoms with van der Waals surface area (Å²) in [6, 6.07) is 8.10. The van der Waals surface area contributed by atoms with Crippen molar-refractivity contribution < 1.29 is 9.53 Å². The molecular weight excluding hydrogens is 324 g/mol. The van der Waals surface area contributed by atoms with E-state index in [1.165, 1.54) is 0 Å². The number of para-hydroxylation sites is 1. The van der Waals surface area contributed by atoms with Gasteiger partial charge in [-0.05, 0) is 37.7 Å². The Kier molecular flexibility index (Phi) is 9.16. The van der Waals surface area contributed by atoms with E-state index < -0.39 is 0 Å². The highest BCUT2D eigenvalue weighted by Crippen LogP contribution is 2.24. The molecule has 0 bridgehead atoms. The largest absolute Gasteiger partial charge is 0.493 e. The Balaban J connectivity index is 0.00000288. The summed E-state index contributed by atoms with van der Waals surface area (Å²) in [6.45, 7) is 5.59. The number of ether oxygens (including phenoxy) is 1. The lowest BCUT2D eigenvalue weighted by Crippen LogP contribution is -2.37. The van der Waals surface area contributed by atoms with Crippen LogP contribution in [-0.2, 0) is 11.3 Å². The van der Waals surface area contributed by atoms with Gasteiger partial charge in [-0.1, -0.05) is 38.5 Å². The molecule has 0 radical (unpaired) electrons. The van der Waals surface area contributed by atoms with E-state index >= 15 is 0 Å². The molecule has 1 aromatic rings. The minimum absolute atomic E-state index is 0. The van der Waals surface area contributed by atoms with Crippen molar-refractivity contribution >= 4 is 18.3 Å². The summed E-state index contributed by atoms with van der Waals surface area (Å²) < 4.78 is 5.87. The molecule has 0 aliphatic heterocycles. The van der Waals surface area contributed by atoms with Crippen LogP contribution in [-0.4, -0.2) is 18.6 Å². The molecule has 0 spiro atoms. The van der Waals surface area contributed by atoms with E-state index in [-0.39, 0.29) is 30.3 Å². The molecule has 1 fully saturated rings. The molecule has 0 heterocycles. The van der Waals surface area contributed by atoms with Crippen molar-refractivity contribution in [2.45, 2.75) is 58.5 Å². The number of benzene rings is 1. The summed E-state index contributed by atoms with van der Waals surface area (Å²) in [5, 5.41) is 3.05. The topological polar surface area (TPSA) is 64.3 Å². The first-order chi connectivity index (χ1) is 11.1. The van der Waals surface area contributed by atoms with Crippen LogP contribution in [0.3, 0.4) is 0 Å². The fourth-order valence-electron chi connectivity index (χ4n) is 2.99. The number of rotatable bonds is 7. The first-order valence-corrected chi connectivity index (χ1v) is 8.80. The molecule has 0 aromatic heterocycles. The van der Waals surface area contributed by atoms with Crippen LogP contribution in [0.25, 0.3) is 0 Å². The van der Waals surface area contributed by atoms with Crippen molar-refractivity contribution in [1.82, 2.24) is 5.32 Å². The molecule has 1 aliphatic rings. The van der Waals surface area contributed by atoms with Crippen molar-refractivity contribution in [3.05, 3.63) is 29.8 Å². The average molecular weight is 355 g/mol. The zero-order valence-corrected chi connectivity index (χ0v) is 15.6. The molecule has 2 unspecified atom stereocenters. The lowest BCUT2D eigenvalue weighted by Gasteiger charge is -2.25. The van der Waals surface area contributed by atoms with E-state index in [0.717, 1.165) is 43.4 Å². The van der Waals surface area contributed by atoms with Crippen molar-refractivity contribution in [3.8, 4) is 5.75 Å². The number of hydrogen-bond donors (Lipinski definition) is 2. The SMILES string of the molecule is CC(C)CCOc1ccccc1CNC(=O)C1CCCC(N)C1.Cl. The van der Waals surface area contributed by atoms with E-state index in [1.807, 2.05) is 24.3 Å². The lowest BCUT2D eigenvalue weighted by atomic mass is 9.85. The fraction of sp³-hybridized carbons (Fsp3) is 0.632. The summed E-state index contributed by atoms with van der Waals surface area (Å²) in [4.78, 5) is 12.3. The Labute approximate surface area is 151 Å². The quantitative estimate of drug-likeness (QED) is 0.785. The van der Waals surface area contributed by atoms with Gasteiger partial charge in [0, 0.05) is 24.1 Å². The second kappa shape index (κ2) is 10.6. The van der Waals surface area contributed by atoms with Crippen molar-refractivity contribution in [1.29, 1.82) is 0 Å². The highest BCUT2D eigenvalue weighted by molar-refractivity contribution is 5.85. The Morgan fingerprint density at radius 2 is 2.08 bits per heavy atom. The number of carbonyl (C=O) groups excluding carboxylic acids is 1. The van der Waals surface area contributed by atoms with Gasteiger partial charge < -0.3 is 15.8 Å². The smallest absolute Gasteiger partial charge is 0.223 e. The molecule has 1 aromatic carbocycles. The Hall–Kier alpha value is -1.26. The van der Waals surface area contributed by atoms with Crippen LogP contribution >= 0.6 is 12.4 Å². The van der Waals surface area contributed by atoms with E-state index in [9.17, 15) is 4.79 Å². The predicted octanol–water partition coefficient (Wildman–Crippen LogP) is 3.67. The van der Waals surface area contributed by atoms with E-state index in [0.29, 0.717) is 19.1 Å². The first kappa shape index (κ1) is 20.8. The summed E-state index contributed by atoms with van der Waals surface area (Å²) in [5.41, 5.74) is 7.01. The van der Waals surface area contributed by atoms with Gasteiger partial charge in [0.2, 0.25) is 5.91 Å². The van der Waals surface area contributed by atoms with Gasteiger partial charge in [-0.3, -0.25) is 4.79 Å². The molecule has 3 N–H and O–H groups in total. The minimum Gasteiger partial charge on any atom is -0.493 e. The molecular formula is C19H31ClN2O2. The van der Waals surface area contributed by atoms with Crippen molar-refractivity contribution in [3.63, 3.8) is 0 Å². The van der Waals surface area contributed by atoms with Gasteiger partial charge in [-0.15, -0.1) is 12.4 Å². The maximum Gasteiger partial charge on any atom is 0.223 e. The van der Waals surface area contributed by atoms with Crippen LogP contribution in [0.5, 0.6) is 5.75 Å². The molecule has 1 saturated carbocycles. The Morgan fingerprint density at radius 3 is 2.79 bits per heavy atom. The van der Waals surface area contributed by atoms with Crippen LogP contribution in [0.2, 0.25) is 0 Å². The molecule has 136 valence electrons.